The molecule has 52 heavy (non-hydrogen) atoms. The van der Waals surface area contributed by atoms with Crippen LogP contribution >= 0.6 is 0 Å². The second kappa shape index (κ2) is 11.9. The minimum Gasteiger partial charge on any atom is -0.309 e. The maximum atomic E-state index is 5.18. The highest BCUT2D eigenvalue weighted by atomic mass is 15.0. The van der Waals surface area contributed by atoms with E-state index in [1.54, 1.807) is 0 Å². The highest BCUT2D eigenvalue weighted by molar-refractivity contribution is 6.11. The van der Waals surface area contributed by atoms with E-state index < -0.39 is 0 Å². The minimum absolute atomic E-state index is 0.615. The van der Waals surface area contributed by atoms with Crippen LogP contribution in [0.15, 0.2) is 164 Å². The topological polar surface area (TPSA) is 48.5 Å². The van der Waals surface area contributed by atoms with Crippen molar-refractivity contribution in [2.75, 3.05) is 0 Å². The second-order valence-electron chi connectivity index (χ2n) is 13.5. The molecule has 3 heterocycles. The smallest absolute Gasteiger partial charge is 0.164 e. The molecule has 5 nitrogen and oxygen atoms in total. The summed E-state index contributed by atoms with van der Waals surface area (Å²) in [6.07, 6.45) is 0. The van der Waals surface area contributed by atoms with Crippen LogP contribution in [0.25, 0.3) is 89.2 Å². The molecule has 0 bridgehead atoms. The number of hydrogen-bond donors (Lipinski definition) is 0. The van der Waals surface area contributed by atoms with Gasteiger partial charge in [-0.1, -0.05) is 120 Å². The molecule has 0 aliphatic heterocycles. The summed E-state index contributed by atoms with van der Waals surface area (Å²) in [5, 5.41) is 4.90. The van der Waals surface area contributed by atoms with Gasteiger partial charge in [0.05, 0.1) is 22.1 Å². The molecule has 0 saturated heterocycles. The molecule has 0 aliphatic carbocycles. The van der Waals surface area contributed by atoms with Crippen LogP contribution in [-0.4, -0.2) is 24.1 Å². The summed E-state index contributed by atoms with van der Waals surface area (Å²) < 4.78 is 4.76. The predicted octanol–water partition coefficient (Wildman–Crippen LogP) is 11.7. The van der Waals surface area contributed by atoms with E-state index >= 15 is 0 Å². The van der Waals surface area contributed by atoms with Crippen molar-refractivity contribution in [3.63, 3.8) is 0 Å². The molecule has 7 aromatic carbocycles. The lowest BCUT2D eigenvalue weighted by atomic mass is 10.1. The zero-order chi connectivity index (χ0) is 34.8. The van der Waals surface area contributed by atoms with E-state index in [9.17, 15) is 0 Å². The molecular weight excluding hydrogens is 635 g/mol. The Labute approximate surface area is 301 Å². The van der Waals surface area contributed by atoms with E-state index in [4.69, 9.17) is 15.0 Å². The molecule has 0 amide bonds. The van der Waals surface area contributed by atoms with Gasteiger partial charge >= 0.3 is 0 Å². The van der Waals surface area contributed by atoms with Gasteiger partial charge in [0, 0.05) is 49.6 Å². The number of rotatable bonds is 5. The minimum atomic E-state index is 0.615. The Morgan fingerprint density at radius 2 is 0.712 bits per heavy atom. The van der Waals surface area contributed by atoms with Crippen LogP contribution in [0.2, 0.25) is 0 Å². The number of benzene rings is 7. The fourth-order valence-electron chi connectivity index (χ4n) is 7.65. The first-order valence-electron chi connectivity index (χ1n) is 17.6. The lowest BCUT2D eigenvalue weighted by molar-refractivity contribution is 1.07. The van der Waals surface area contributed by atoms with Crippen molar-refractivity contribution in [3.8, 4) is 45.5 Å². The number of nitrogens with zero attached hydrogens (tertiary/aromatic N) is 5. The summed E-state index contributed by atoms with van der Waals surface area (Å²) in [5.74, 6) is 1.89. The third-order valence-corrected chi connectivity index (χ3v) is 10.0. The zero-order valence-corrected chi connectivity index (χ0v) is 28.8. The highest BCUT2D eigenvalue weighted by Gasteiger charge is 2.19. The van der Waals surface area contributed by atoms with Crippen molar-refractivity contribution in [1.29, 1.82) is 0 Å². The van der Waals surface area contributed by atoms with Gasteiger partial charge in [-0.15, -0.1) is 0 Å². The van der Waals surface area contributed by atoms with Crippen molar-refractivity contribution in [3.05, 3.63) is 175 Å². The van der Waals surface area contributed by atoms with Crippen molar-refractivity contribution < 1.29 is 0 Å². The van der Waals surface area contributed by atoms with Crippen LogP contribution < -0.4 is 0 Å². The van der Waals surface area contributed by atoms with Gasteiger partial charge in [0.1, 0.15) is 0 Å². The van der Waals surface area contributed by atoms with E-state index in [-0.39, 0.29) is 0 Å². The molecule has 10 rings (SSSR count). The van der Waals surface area contributed by atoms with Crippen molar-refractivity contribution in [1.82, 2.24) is 24.1 Å². The van der Waals surface area contributed by atoms with Gasteiger partial charge in [0.15, 0.2) is 17.5 Å². The SMILES string of the molecule is Cc1ccc2c(c1)c1ccccc1n2-c1cc(-c2nc(-c3ccccc3)nc(-c3ccccc3)n2)cc(-n2c3ccccc3c3cc(C)ccc32)c1. The van der Waals surface area contributed by atoms with E-state index in [0.717, 1.165) is 50.1 Å². The molecule has 5 heteroatoms. The average molecular weight is 668 g/mol. The quantitative estimate of drug-likeness (QED) is 0.184. The summed E-state index contributed by atoms with van der Waals surface area (Å²) in [4.78, 5) is 15.3. The summed E-state index contributed by atoms with van der Waals surface area (Å²) in [7, 11) is 0. The standard InChI is InChI=1S/C47H33N5/c1-30-21-23-43-39(25-30)37-17-9-11-19-41(37)51(43)35-27-34(28-36(29-35)52-42-20-12-10-18-38(42)40-26-31(2)22-24-44(40)52)47-49-45(32-13-5-3-6-14-32)48-46(50-47)33-15-7-4-8-16-33/h3-29H,1-2H3. The predicted molar refractivity (Wildman–Crippen MR) is 214 cm³/mol. The van der Waals surface area contributed by atoms with Crippen LogP contribution in [0, 0.1) is 13.8 Å². The van der Waals surface area contributed by atoms with Gasteiger partial charge in [-0.05, 0) is 68.4 Å². The molecule has 0 saturated carbocycles. The third kappa shape index (κ3) is 4.89. The van der Waals surface area contributed by atoms with Gasteiger partial charge in [-0.2, -0.15) is 0 Å². The van der Waals surface area contributed by atoms with Gasteiger partial charge in [0.25, 0.3) is 0 Å². The second-order valence-corrected chi connectivity index (χ2v) is 13.5. The van der Waals surface area contributed by atoms with Crippen molar-refractivity contribution in [2.24, 2.45) is 0 Å². The third-order valence-electron chi connectivity index (χ3n) is 10.0. The van der Waals surface area contributed by atoms with Gasteiger partial charge in [0.2, 0.25) is 0 Å². The van der Waals surface area contributed by atoms with E-state index in [1.165, 1.54) is 32.7 Å². The summed E-state index contributed by atoms with van der Waals surface area (Å²) in [6, 6.07) is 57.9. The fourth-order valence-corrected chi connectivity index (χ4v) is 7.65. The first kappa shape index (κ1) is 30.0. The Hall–Kier alpha value is -6.85. The molecule has 0 fully saturated rings. The molecule has 0 aliphatic rings. The first-order valence-corrected chi connectivity index (χ1v) is 17.6. The summed E-state index contributed by atoms with van der Waals surface area (Å²) >= 11 is 0. The number of para-hydroxylation sites is 2. The fraction of sp³-hybridized carbons (Fsp3) is 0.0426. The Balaban J connectivity index is 1.32. The van der Waals surface area contributed by atoms with Crippen LogP contribution in [0.4, 0.5) is 0 Å². The van der Waals surface area contributed by atoms with Crippen molar-refractivity contribution >= 4 is 43.6 Å². The van der Waals surface area contributed by atoms with Crippen LogP contribution in [-0.2, 0) is 0 Å². The number of aromatic nitrogens is 5. The highest BCUT2D eigenvalue weighted by Crippen LogP contribution is 2.38. The molecule has 0 N–H and O–H groups in total. The number of aryl methyl sites for hydroxylation is 2. The summed E-state index contributed by atoms with van der Waals surface area (Å²) in [5.41, 5.74) is 11.9. The Morgan fingerprint density at radius 1 is 0.327 bits per heavy atom. The zero-order valence-electron chi connectivity index (χ0n) is 28.8. The molecule has 3 aromatic heterocycles. The van der Waals surface area contributed by atoms with E-state index in [2.05, 4.69) is 150 Å². The first-order chi connectivity index (χ1) is 25.6. The largest absolute Gasteiger partial charge is 0.309 e. The van der Waals surface area contributed by atoms with Gasteiger partial charge in [-0.3, -0.25) is 0 Å². The van der Waals surface area contributed by atoms with E-state index in [1.807, 2.05) is 36.4 Å². The van der Waals surface area contributed by atoms with Crippen molar-refractivity contribution in [2.45, 2.75) is 13.8 Å². The molecule has 0 radical (unpaired) electrons. The Morgan fingerprint density at radius 3 is 1.17 bits per heavy atom. The van der Waals surface area contributed by atoms with Gasteiger partial charge in [-0.25, -0.2) is 15.0 Å². The molecule has 0 spiro atoms. The monoisotopic (exact) mass is 667 g/mol. The number of hydrogen-bond acceptors (Lipinski definition) is 3. The maximum absolute atomic E-state index is 5.18. The summed E-state index contributed by atoms with van der Waals surface area (Å²) in [6.45, 7) is 4.31. The van der Waals surface area contributed by atoms with Gasteiger partial charge < -0.3 is 9.13 Å². The Kier molecular flexibility index (Phi) is 6.86. The van der Waals surface area contributed by atoms with Crippen LogP contribution in [0.3, 0.4) is 0 Å². The lowest BCUT2D eigenvalue weighted by Crippen LogP contribution is -2.03. The molecule has 0 unspecified atom stereocenters. The Bertz CT molecular complexity index is 2780. The van der Waals surface area contributed by atoms with Crippen LogP contribution in [0.5, 0.6) is 0 Å². The van der Waals surface area contributed by atoms with Crippen LogP contribution in [0.1, 0.15) is 11.1 Å². The van der Waals surface area contributed by atoms with E-state index in [0.29, 0.717) is 17.5 Å². The molecule has 10 aromatic rings. The maximum Gasteiger partial charge on any atom is 0.164 e. The lowest BCUT2D eigenvalue weighted by Gasteiger charge is -2.16. The molecule has 246 valence electrons. The molecular formula is C47H33N5. The normalized spacial score (nSPS) is 11.7. The average Bonchev–Trinajstić information content (AvgIpc) is 3.70. The number of fused-ring (bicyclic) bond motifs is 6. The molecule has 0 atom stereocenters.